The quantitative estimate of drug-likeness (QED) is 0.874. The topological polar surface area (TPSA) is 55.1 Å². The molecule has 3 nitrogen and oxygen atoms in total. The first-order valence-corrected chi connectivity index (χ1v) is 8.39. The largest absolute Gasteiger partial charge is 0.329 e. The van der Waals surface area contributed by atoms with E-state index < -0.39 is 0 Å². The molecule has 0 heterocycles. The van der Waals surface area contributed by atoms with E-state index in [9.17, 15) is 4.79 Å². The van der Waals surface area contributed by atoms with Gasteiger partial charge in [0, 0.05) is 16.7 Å². The van der Waals surface area contributed by atoms with Crippen molar-refractivity contribution < 1.29 is 4.79 Å². The van der Waals surface area contributed by atoms with Gasteiger partial charge < -0.3 is 11.1 Å². The van der Waals surface area contributed by atoms with Crippen molar-refractivity contribution in [3.8, 4) is 0 Å². The lowest BCUT2D eigenvalue weighted by Gasteiger charge is -2.17. The van der Waals surface area contributed by atoms with E-state index in [1.54, 1.807) is 0 Å². The van der Waals surface area contributed by atoms with Crippen LogP contribution in [0.2, 0.25) is 0 Å². The zero-order chi connectivity index (χ0) is 14.0. The highest BCUT2D eigenvalue weighted by molar-refractivity contribution is 8.00. The third-order valence-corrected chi connectivity index (χ3v) is 5.87. The summed E-state index contributed by atoms with van der Waals surface area (Å²) < 4.78 is 0. The molecule has 2 aliphatic carbocycles. The van der Waals surface area contributed by atoms with Gasteiger partial charge in [-0.05, 0) is 37.8 Å². The zero-order valence-electron chi connectivity index (χ0n) is 11.7. The number of hydrogen-bond acceptors (Lipinski definition) is 3. The average molecular weight is 290 g/mol. The fourth-order valence-corrected chi connectivity index (χ4v) is 4.12. The highest BCUT2D eigenvalue weighted by Gasteiger charge is 2.48. The maximum absolute atomic E-state index is 12.3. The summed E-state index contributed by atoms with van der Waals surface area (Å²) in [5, 5.41) is 3.80. The summed E-state index contributed by atoms with van der Waals surface area (Å²) >= 11 is 1.91. The van der Waals surface area contributed by atoms with Crippen LogP contribution in [-0.2, 0) is 4.79 Å². The Morgan fingerprint density at radius 1 is 1.30 bits per heavy atom. The van der Waals surface area contributed by atoms with Crippen LogP contribution in [0.4, 0.5) is 5.69 Å². The molecular weight excluding hydrogens is 268 g/mol. The molecular formula is C16H22N2OS. The number of thioether (sulfide) groups is 1. The van der Waals surface area contributed by atoms with Gasteiger partial charge >= 0.3 is 0 Å². The van der Waals surface area contributed by atoms with E-state index in [0.717, 1.165) is 18.5 Å². The molecule has 2 aliphatic rings. The highest BCUT2D eigenvalue weighted by atomic mass is 32.2. The van der Waals surface area contributed by atoms with E-state index in [2.05, 4.69) is 11.4 Å². The predicted molar refractivity (Wildman–Crippen MR) is 83.9 cm³/mol. The number of nitrogens with two attached hydrogens (primary N) is 1. The van der Waals surface area contributed by atoms with Crippen LogP contribution in [0, 0.1) is 5.41 Å². The molecule has 0 aliphatic heterocycles. The van der Waals surface area contributed by atoms with Gasteiger partial charge in [-0.15, -0.1) is 11.8 Å². The van der Waals surface area contributed by atoms with Gasteiger partial charge in [0.05, 0.1) is 11.1 Å². The van der Waals surface area contributed by atoms with Crippen LogP contribution in [0.15, 0.2) is 29.2 Å². The van der Waals surface area contributed by atoms with Crippen molar-refractivity contribution >= 4 is 23.4 Å². The van der Waals surface area contributed by atoms with Crippen molar-refractivity contribution in [3.63, 3.8) is 0 Å². The van der Waals surface area contributed by atoms with E-state index in [1.807, 2.05) is 30.0 Å². The summed E-state index contributed by atoms with van der Waals surface area (Å²) in [5.74, 6) is 0.0967. The standard InChI is InChI=1S/C16H22N2OS/c17-11-16(9-10-16)15(19)18-13-7-3-4-8-14(13)20-12-5-1-2-6-12/h3-4,7-8,12H,1-2,5-6,9-11,17H2,(H,18,19). The van der Waals surface area contributed by atoms with Crippen molar-refractivity contribution in [3.05, 3.63) is 24.3 Å². The van der Waals surface area contributed by atoms with Crippen LogP contribution in [-0.4, -0.2) is 17.7 Å². The second kappa shape index (κ2) is 5.78. The predicted octanol–water partition coefficient (Wildman–Crippen LogP) is 3.40. The van der Waals surface area contributed by atoms with Crippen molar-refractivity contribution in [2.45, 2.75) is 48.7 Å². The SMILES string of the molecule is NCC1(C(=O)Nc2ccccc2SC2CCCC2)CC1. The van der Waals surface area contributed by atoms with Crippen molar-refractivity contribution in [2.75, 3.05) is 11.9 Å². The molecule has 1 aromatic rings. The lowest BCUT2D eigenvalue weighted by Crippen LogP contribution is -2.31. The first-order valence-electron chi connectivity index (χ1n) is 7.51. The van der Waals surface area contributed by atoms with Gasteiger partial charge in [-0.2, -0.15) is 0 Å². The lowest BCUT2D eigenvalue weighted by atomic mass is 10.1. The summed E-state index contributed by atoms with van der Waals surface area (Å²) in [6, 6.07) is 8.14. The number of benzene rings is 1. The van der Waals surface area contributed by atoms with E-state index in [1.165, 1.54) is 30.6 Å². The molecule has 0 atom stereocenters. The Hall–Kier alpha value is -1.00. The molecule has 20 heavy (non-hydrogen) atoms. The Bertz CT molecular complexity index is 493. The fourth-order valence-electron chi connectivity index (χ4n) is 2.79. The number of para-hydroxylation sites is 1. The number of nitrogens with one attached hydrogen (secondary N) is 1. The molecule has 3 rings (SSSR count). The Balaban J connectivity index is 1.70. The number of anilines is 1. The van der Waals surface area contributed by atoms with Crippen LogP contribution < -0.4 is 11.1 Å². The van der Waals surface area contributed by atoms with Crippen LogP contribution in [0.25, 0.3) is 0 Å². The molecule has 0 saturated heterocycles. The molecule has 0 spiro atoms. The summed E-state index contributed by atoms with van der Waals surface area (Å²) in [6.07, 6.45) is 7.10. The van der Waals surface area contributed by atoms with Crippen LogP contribution in [0.1, 0.15) is 38.5 Å². The van der Waals surface area contributed by atoms with Crippen LogP contribution >= 0.6 is 11.8 Å². The monoisotopic (exact) mass is 290 g/mol. The first-order chi connectivity index (χ1) is 9.73. The van der Waals surface area contributed by atoms with Crippen molar-refractivity contribution in [1.82, 2.24) is 0 Å². The summed E-state index contributed by atoms with van der Waals surface area (Å²) in [7, 11) is 0. The zero-order valence-corrected chi connectivity index (χ0v) is 12.5. The Labute approximate surface area is 124 Å². The minimum absolute atomic E-state index is 0.0967. The van der Waals surface area contributed by atoms with E-state index in [4.69, 9.17) is 5.73 Å². The Morgan fingerprint density at radius 3 is 2.65 bits per heavy atom. The van der Waals surface area contributed by atoms with Crippen LogP contribution in [0.5, 0.6) is 0 Å². The van der Waals surface area contributed by atoms with E-state index >= 15 is 0 Å². The molecule has 0 radical (unpaired) electrons. The van der Waals surface area contributed by atoms with Gasteiger partial charge in [-0.3, -0.25) is 4.79 Å². The molecule has 2 fully saturated rings. The molecule has 1 aromatic carbocycles. The molecule has 1 amide bonds. The minimum Gasteiger partial charge on any atom is -0.329 e. The van der Waals surface area contributed by atoms with E-state index in [0.29, 0.717) is 11.8 Å². The molecule has 0 aromatic heterocycles. The minimum atomic E-state index is -0.287. The number of amides is 1. The van der Waals surface area contributed by atoms with Crippen molar-refractivity contribution in [2.24, 2.45) is 11.1 Å². The molecule has 0 unspecified atom stereocenters. The summed E-state index contributed by atoms with van der Waals surface area (Å²) in [4.78, 5) is 13.5. The molecule has 0 bridgehead atoms. The second-order valence-electron chi connectivity index (χ2n) is 5.96. The molecule has 3 N–H and O–H groups in total. The van der Waals surface area contributed by atoms with Gasteiger partial charge in [0.1, 0.15) is 0 Å². The number of carbonyl (C=O) groups is 1. The molecule has 108 valence electrons. The maximum Gasteiger partial charge on any atom is 0.231 e. The average Bonchev–Trinajstić information content (AvgIpc) is 3.12. The maximum atomic E-state index is 12.3. The van der Waals surface area contributed by atoms with Gasteiger partial charge in [-0.1, -0.05) is 25.0 Å². The van der Waals surface area contributed by atoms with Crippen molar-refractivity contribution in [1.29, 1.82) is 0 Å². The summed E-state index contributed by atoms with van der Waals surface area (Å²) in [5.41, 5.74) is 6.39. The van der Waals surface area contributed by atoms with E-state index in [-0.39, 0.29) is 11.3 Å². The molecule has 4 heteroatoms. The lowest BCUT2D eigenvalue weighted by molar-refractivity contribution is -0.120. The third kappa shape index (κ3) is 2.86. The first kappa shape index (κ1) is 14.0. The highest BCUT2D eigenvalue weighted by Crippen LogP contribution is 2.46. The number of hydrogen-bond donors (Lipinski definition) is 2. The Kier molecular flexibility index (Phi) is 4.03. The van der Waals surface area contributed by atoms with Gasteiger partial charge in [0.2, 0.25) is 5.91 Å². The third-order valence-electron chi connectivity index (χ3n) is 4.46. The van der Waals surface area contributed by atoms with Gasteiger partial charge in [0.15, 0.2) is 0 Å². The number of rotatable bonds is 5. The van der Waals surface area contributed by atoms with Crippen LogP contribution in [0.3, 0.4) is 0 Å². The van der Waals surface area contributed by atoms with Gasteiger partial charge in [0.25, 0.3) is 0 Å². The Morgan fingerprint density at radius 2 is 2.00 bits per heavy atom. The fraction of sp³-hybridized carbons (Fsp3) is 0.562. The van der Waals surface area contributed by atoms with Gasteiger partial charge in [-0.25, -0.2) is 0 Å². The smallest absolute Gasteiger partial charge is 0.231 e. The number of carbonyl (C=O) groups excluding carboxylic acids is 1. The molecule has 2 saturated carbocycles. The second-order valence-corrected chi connectivity index (χ2v) is 7.30. The normalized spacial score (nSPS) is 20.9. The summed E-state index contributed by atoms with van der Waals surface area (Å²) in [6.45, 7) is 0.455.